The van der Waals surface area contributed by atoms with Crippen molar-refractivity contribution in [1.82, 2.24) is 0 Å². The molecule has 0 aliphatic carbocycles. The molecule has 0 aromatic carbocycles. The molecular formula is C7H14N2O3S. The Labute approximate surface area is 77.9 Å². The van der Waals surface area contributed by atoms with Crippen LogP contribution in [-0.2, 0) is 14.7 Å². The Bertz CT molecular complexity index is 284. The molecule has 1 saturated heterocycles. The molecule has 0 aromatic rings. The molecule has 1 rings (SSSR count). The van der Waals surface area contributed by atoms with E-state index in [2.05, 4.69) is 5.16 Å². The summed E-state index contributed by atoms with van der Waals surface area (Å²) >= 11 is 0. The van der Waals surface area contributed by atoms with E-state index < -0.39 is 9.84 Å². The van der Waals surface area contributed by atoms with E-state index in [0.29, 0.717) is 25.3 Å². The number of rotatable bonds is 4. The Morgan fingerprint density at radius 2 is 2.31 bits per heavy atom. The number of nitrogens with zero attached hydrogens (tertiary/aromatic N) is 1. The van der Waals surface area contributed by atoms with Crippen molar-refractivity contribution in [3.63, 3.8) is 0 Å². The Morgan fingerprint density at radius 1 is 1.54 bits per heavy atom. The monoisotopic (exact) mass is 206 g/mol. The van der Waals surface area contributed by atoms with Crippen LogP contribution in [0.4, 0.5) is 0 Å². The maximum atomic E-state index is 11.0. The van der Waals surface area contributed by atoms with Crippen LogP contribution in [0.25, 0.3) is 0 Å². The minimum absolute atomic E-state index is 0.0512. The van der Waals surface area contributed by atoms with Gasteiger partial charge in [0.2, 0.25) is 0 Å². The van der Waals surface area contributed by atoms with Crippen LogP contribution in [-0.4, -0.2) is 38.8 Å². The van der Waals surface area contributed by atoms with Crippen molar-refractivity contribution in [2.45, 2.75) is 12.8 Å². The Morgan fingerprint density at radius 3 is 2.85 bits per heavy atom. The first-order valence-electron chi connectivity index (χ1n) is 4.22. The predicted octanol–water partition coefficient (Wildman–Crippen LogP) is -0.474. The maximum Gasteiger partial charge on any atom is 0.156 e. The van der Waals surface area contributed by atoms with Gasteiger partial charge in [0.1, 0.15) is 6.61 Å². The molecule has 13 heavy (non-hydrogen) atoms. The zero-order valence-electron chi connectivity index (χ0n) is 7.40. The summed E-state index contributed by atoms with van der Waals surface area (Å²) in [7, 11) is -2.87. The van der Waals surface area contributed by atoms with Gasteiger partial charge in [-0.05, 0) is 13.0 Å². The molecule has 0 aromatic heterocycles. The lowest BCUT2D eigenvalue weighted by atomic mass is 10.3. The first-order chi connectivity index (χ1) is 6.14. The lowest BCUT2D eigenvalue weighted by molar-refractivity contribution is 0.142. The van der Waals surface area contributed by atoms with Gasteiger partial charge in [0.25, 0.3) is 0 Å². The van der Waals surface area contributed by atoms with E-state index in [1.807, 2.05) is 0 Å². The number of oxime groups is 1. The molecule has 2 N–H and O–H groups in total. The van der Waals surface area contributed by atoms with E-state index >= 15 is 0 Å². The standard InChI is InChI=1S/C7H14N2O3S/c8-3-1-4-12-9-7-2-5-13(10,11)6-7/h1-6,8H2/b9-7+. The van der Waals surface area contributed by atoms with Gasteiger partial charge in [-0.25, -0.2) is 8.42 Å². The van der Waals surface area contributed by atoms with Crippen LogP contribution >= 0.6 is 0 Å². The van der Waals surface area contributed by atoms with Crippen LogP contribution in [0.1, 0.15) is 12.8 Å². The third kappa shape index (κ3) is 3.73. The highest BCUT2D eigenvalue weighted by Gasteiger charge is 2.24. The van der Waals surface area contributed by atoms with E-state index in [-0.39, 0.29) is 11.5 Å². The van der Waals surface area contributed by atoms with Gasteiger partial charge >= 0.3 is 0 Å². The average molecular weight is 206 g/mol. The summed E-state index contributed by atoms with van der Waals surface area (Å²) in [5.41, 5.74) is 5.86. The zero-order valence-corrected chi connectivity index (χ0v) is 8.22. The third-order valence-corrected chi connectivity index (χ3v) is 3.32. The van der Waals surface area contributed by atoms with Gasteiger partial charge in [0, 0.05) is 6.42 Å². The summed E-state index contributed by atoms with van der Waals surface area (Å²) in [6.07, 6.45) is 1.24. The molecule has 0 atom stereocenters. The van der Waals surface area contributed by atoms with Gasteiger partial charge in [0.05, 0.1) is 17.2 Å². The highest BCUT2D eigenvalue weighted by Crippen LogP contribution is 2.08. The maximum absolute atomic E-state index is 11.0. The summed E-state index contributed by atoms with van der Waals surface area (Å²) < 4.78 is 21.9. The van der Waals surface area contributed by atoms with Gasteiger partial charge < -0.3 is 10.6 Å². The normalized spacial score (nSPS) is 23.6. The van der Waals surface area contributed by atoms with Crippen molar-refractivity contribution in [3.8, 4) is 0 Å². The van der Waals surface area contributed by atoms with Gasteiger partial charge in [-0.3, -0.25) is 0 Å². The number of hydrogen-bond donors (Lipinski definition) is 1. The first kappa shape index (κ1) is 10.5. The van der Waals surface area contributed by atoms with Gasteiger partial charge in [-0.2, -0.15) is 0 Å². The molecule has 0 amide bonds. The predicted molar refractivity (Wildman–Crippen MR) is 50.3 cm³/mol. The molecule has 1 fully saturated rings. The highest BCUT2D eigenvalue weighted by atomic mass is 32.2. The molecule has 0 unspecified atom stereocenters. The molecule has 0 spiro atoms. The lowest BCUT2D eigenvalue weighted by Crippen LogP contribution is -2.06. The van der Waals surface area contributed by atoms with Gasteiger partial charge in [-0.15, -0.1) is 0 Å². The van der Waals surface area contributed by atoms with Crippen LogP contribution in [0, 0.1) is 0 Å². The van der Waals surface area contributed by atoms with Crippen LogP contribution in [0.2, 0.25) is 0 Å². The molecular weight excluding hydrogens is 192 g/mol. The Hall–Kier alpha value is -0.620. The van der Waals surface area contributed by atoms with Crippen molar-refractivity contribution in [3.05, 3.63) is 0 Å². The lowest BCUT2D eigenvalue weighted by Gasteiger charge is -1.97. The fourth-order valence-electron chi connectivity index (χ4n) is 1.03. The summed E-state index contributed by atoms with van der Waals surface area (Å²) in [5.74, 6) is 0.252. The molecule has 76 valence electrons. The second kappa shape index (κ2) is 4.57. The van der Waals surface area contributed by atoms with Crippen molar-refractivity contribution in [2.75, 3.05) is 24.7 Å². The topological polar surface area (TPSA) is 81.8 Å². The van der Waals surface area contributed by atoms with Crippen molar-refractivity contribution in [1.29, 1.82) is 0 Å². The van der Waals surface area contributed by atoms with E-state index in [1.54, 1.807) is 0 Å². The summed E-state index contributed by atoms with van der Waals surface area (Å²) in [6.45, 7) is 1.02. The van der Waals surface area contributed by atoms with E-state index in [0.717, 1.165) is 6.42 Å². The number of nitrogens with two attached hydrogens (primary N) is 1. The number of hydrogen-bond acceptors (Lipinski definition) is 5. The van der Waals surface area contributed by atoms with E-state index in [1.165, 1.54) is 0 Å². The third-order valence-electron chi connectivity index (χ3n) is 1.72. The second-order valence-electron chi connectivity index (χ2n) is 2.97. The second-order valence-corrected chi connectivity index (χ2v) is 5.16. The SMILES string of the molecule is NCCCO/N=C1\CCS(=O)(=O)C1. The van der Waals surface area contributed by atoms with E-state index in [4.69, 9.17) is 10.6 Å². The molecule has 0 saturated carbocycles. The minimum atomic E-state index is -2.87. The van der Waals surface area contributed by atoms with Crippen molar-refractivity contribution >= 4 is 15.5 Å². The van der Waals surface area contributed by atoms with Crippen molar-refractivity contribution < 1.29 is 13.3 Å². The fraction of sp³-hybridized carbons (Fsp3) is 0.857. The summed E-state index contributed by atoms with van der Waals surface area (Å²) in [6, 6.07) is 0. The molecule has 1 heterocycles. The van der Waals surface area contributed by atoms with Crippen LogP contribution < -0.4 is 5.73 Å². The minimum Gasteiger partial charge on any atom is -0.396 e. The van der Waals surface area contributed by atoms with Gasteiger partial charge in [0.15, 0.2) is 9.84 Å². The number of sulfone groups is 1. The molecule has 5 nitrogen and oxygen atoms in total. The van der Waals surface area contributed by atoms with Crippen LogP contribution in [0.5, 0.6) is 0 Å². The molecule has 0 radical (unpaired) electrons. The highest BCUT2D eigenvalue weighted by molar-refractivity contribution is 7.92. The Kier molecular flexibility index (Phi) is 3.68. The van der Waals surface area contributed by atoms with Gasteiger partial charge in [-0.1, -0.05) is 5.16 Å². The van der Waals surface area contributed by atoms with Crippen LogP contribution in [0.3, 0.4) is 0 Å². The summed E-state index contributed by atoms with van der Waals surface area (Å²) in [5, 5.41) is 3.74. The average Bonchev–Trinajstić information content (AvgIpc) is 2.40. The largest absolute Gasteiger partial charge is 0.396 e. The quantitative estimate of drug-likeness (QED) is 0.498. The summed E-state index contributed by atoms with van der Waals surface area (Å²) in [4.78, 5) is 4.89. The molecule has 0 bridgehead atoms. The first-order valence-corrected chi connectivity index (χ1v) is 6.04. The molecule has 6 heteroatoms. The van der Waals surface area contributed by atoms with E-state index in [9.17, 15) is 8.42 Å². The fourth-order valence-corrected chi connectivity index (χ4v) is 2.42. The van der Waals surface area contributed by atoms with Crippen molar-refractivity contribution in [2.24, 2.45) is 10.9 Å². The van der Waals surface area contributed by atoms with Crippen LogP contribution in [0.15, 0.2) is 5.16 Å². The molecule has 1 aliphatic rings. The Balaban J connectivity index is 2.30. The smallest absolute Gasteiger partial charge is 0.156 e. The molecule has 1 aliphatic heterocycles. The zero-order chi connectivity index (χ0) is 9.73.